The van der Waals surface area contributed by atoms with Crippen molar-refractivity contribution in [3.05, 3.63) is 28.2 Å². The fourth-order valence-electron chi connectivity index (χ4n) is 1.66. The lowest BCUT2D eigenvalue weighted by molar-refractivity contribution is -0.152. The molecule has 1 atom stereocenters. The maximum absolute atomic E-state index is 11.0. The molecule has 0 fully saturated rings. The molecule has 0 amide bonds. The van der Waals surface area contributed by atoms with Crippen LogP contribution in [-0.4, -0.2) is 30.4 Å². The first-order valence-electron chi connectivity index (χ1n) is 6.22. The van der Waals surface area contributed by atoms with Crippen LogP contribution in [0.15, 0.2) is 22.7 Å². The molecule has 0 aliphatic heterocycles. The fourth-order valence-corrected chi connectivity index (χ4v) is 2.04. The van der Waals surface area contributed by atoms with Crippen LogP contribution in [0.2, 0.25) is 0 Å². The molecule has 5 heteroatoms. The monoisotopic (exact) mass is 330 g/mol. The summed E-state index contributed by atoms with van der Waals surface area (Å²) in [5.41, 5.74) is 1.04. The van der Waals surface area contributed by atoms with Gasteiger partial charge in [0, 0.05) is 11.1 Å². The zero-order valence-corrected chi connectivity index (χ0v) is 12.9. The Morgan fingerprint density at radius 1 is 1.42 bits per heavy atom. The highest BCUT2D eigenvalue weighted by Crippen LogP contribution is 2.29. The second-order valence-electron chi connectivity index (χ2n) is 4.43. The molecule has 0 aliphatic carbocycles. The first-order valence-corrected chi connectivity index (χ1v) is 7.01. The van der Waals surface area contributed by atoms with Crippen LogP contribution in [0.4, 0.5) is 0 Å². The Hall–Kier alpha value is -1.07. The molecule has 106 valence electrons. The zero-order chi connectivity index (χ0) is 14.4. The number of carbonyl (C=O) groups is 1. The highest BCUT2D eigenvalue weighted by Gasteiger charge is 2.19. The van der Waals surface area contributed by atoms with Crippen molar-refractivity contribution in [2.45, 2.75) is 32.8 Å². The largest absolute Gasteiger partial charge is 0.490 e. The van der Waals surface area contributed by atoms with Crippen molar-refractivity contribution >= 4 is 21.9 Å². The van der Waals surface area contributed by atoms with E-state index in [1.807, 2.05) is 18.2 Å². The summed E-state index contributed by atoms with van der Waals surface area (Å²) in [6.45, 7) is 6.23. The zero-order valence-electron chi connectivity index (χ0n) is 11.4. The number of aliphatic carboxylic acids is 1. The second kappa shape index (κ2) is 7.50. The van der Waals surface area contributed by atoms with E-state index in [4.69, 9.17) is 14.6 Å². The number of hydrogen-bond donors (Lipinski definition) is 1. The molecule has 1 rings (SSSR count). The maximum atomic E-state index is 11.0. The number of halogens is 1. The second-order valence-corrected chi connectivity index (χ2v) is 5.35. The van der Waals surface area contributed by atoms with Gasteiger partial charge in [0.25, 0.3) is 0 Å². The van der Waals surface area contributed by atoms with Gasteiger partial charge in [-0.1, -0.05) is 29.8 Å². The van der Waals surface area contributed by atoms with Crippen molar-refractivity contribution in [3.8, 4) is 5.75 Å². The Morgan fingerprint density at radius 2 is 2.11 bits per heavy atom. The van der Waals surface area contributed by atoms with Gasteiger partial charge in [-0.3, -0.25) is 0 Å². The minimum Gasteiger partial charge on any atom is -0.490 e. The summed E-state index contributed by atoms with van der Waals surface area (Å²) in [5.74, 6) is -0.0166. The Labute approximate surface area is 121 Å². The van der Waals surface area contributed by atoms with Crippen LogP contribution in [0.5, 0.6) is 5.75 Å². The minimum absolute atomic E-state index is 0.00449. The number of benzene rings is 1. The van der Waals surface area contributed by atoms with Gasteiger partial charge in [-0.15, -0.1) is 0 Å². The molecule has 0 heterocycles. The summed E-state index contributed by atoms with van der Waals surface area (Å²) < 4.78 is 11.7. The molecule has 0 spiro atoms. The van der Waals surface area contributed by atoms with Crippen molar-refractivity contribution in [3.63, 3.8) is 0 Å². The summed E-state index contributed by atoms with van der Waals surface area (Å²) in [4.78, 5) is 11.0. The molecule has 1 unspecified atom stereocenters. The Bertz CT molecular complexity index is 431. The van der Waals surface area contributed by atoms with Crippen LogP contribution in [0, 0.1) is 0 Å². The summed E-state index contributed by atoms with van der Waals surface area (Å²) in [5, 5.41) is 8.99. The number of hydrogen-bond acceptors (Lipinski definition) is 3. The highest BCUT2D eigenvalue weighted by atomic mass is 79.9. The van der Waals surface area contributed by atoms with Crippen molar-refractivity contribution in [2.75, 3.05) is 13.2 Å². The molecule has 1 aromatic carbocycles. The molecular weight excluding hydrogens is 312 g/mol. The molecule has 0 saturated carbocycles. The molecule has 0 aromatic heterocycles. The molecule has 0 saturated heterocycles. The average molecular weight is 331 g/mol. The number of carboxylic acids is 1. The summed E-state index contributed by atoms with van der Waals surface area (Å²) >= 11 is 3.42. The lowest BCUT2D eigenvalue weighted by Crippen LogP contribution is -2.30. The third-order valence-electron chi connectivity index (χ3n) is 2.63. The molecule has 19 heavy (non-hydrogen) atoms. The third kappa shape index (κ3) is 4.84. The van der Waals surface area contributed by atoms with Crippen molar-refractivity contribution in [1.82, 2.24) is 0 Å². The minimum atomic E-state index is -1.01. The first kappa shape index (κ1) is 16.0. The van der Waals surface area contributed by atoms with E-state index in [-0.39, 0.29) is 6.61 Å². The van der Waals surface area contributed by atoms with Gasteiger partial charge in [0.05, 0.1) is 0 Å². The maximum Gasteiger partial charge on any atom is 0.336 e. The number of ether oxygens (including phenoxy) is 2. The molecular formula is C14H19BrO4. The van der Waals surface area contributed by atoms with E-state index in [9.17, 15) is 4.79 Å². The number of rotatable bonds is 7. The van der Waals surface area contributed by atoms with Gasteiger partial charge in [0.2, 0.25) is 0 Å². The van der Waals surface area contributed by atoms with E-state index >= 15 is 0 Å². The van der Waals surface area contributed by atoms with E-state index in [2.05, 4.69) is 29.8 Å². The van der Waals surface area contributed by atoms with Crippen LogP contribution in [0.25, 0.3) is 0 Å². The van der Waals surface area contributed by atoms with Gasteiger partial charge >= 0.3 is 5.97 Å². The SMILES string of the molecule is CCOC(COc1ccc(Br)cc1C(C)C)C(=O)O. The fraction of sp³-hybridized carbons (Fsp3) is 0.500. The predicted molar refractivity (Wildman–Crippen MR) is 76.8 cm³/mol. The van der Waals surface area contributed by atoms with Crippen LogP contribution in [-0.2, 0) is 9.53 Å². The van der Waals surface area contributed by atoms with E-state index in [0.29, 0.717) is 18.3 Å². The van der Waals surface area contributed by atoms with Gasteiger partial charge in [-0.25, -0.2) is 4.79 Å². The normalized spacial score (nSPS) is 12.5. The van der Waals surface area contributed by atoms with E-state index < -0.39 is 12.1 Å². The molecule has 1 N–H and O–H groups in total. The average Bonchev–Trinajstić information content (AvgIpc) is 2.35. The van der Waals surface area contributed by atoms with Crippen LogP contribution >= 0.6 is 15.9 Å². The van der Waals surface area contributed by atoms with Gasteiger partial charge in [0.15, 0.2) is 6.10 Å². The third-order valence-corrected chi connectivity index (χ3v) is 3.12. The highest BCUT2D eigenvalue weighted by molar-refractivity contribution is 9.10. The van der Waals surface area contributed by atoms with Crippen molar-refractivity contribution < 1.29 is 19.4 Å². The van der Waals surface area contributed by atoms with Crippen LogP contribution in [0.1, 0.15) is 32.3 Å². The molecule has 0 aliphatic rings. The summed E-state index contributed by atoms with van der Waals surface area (Å²) in [7, 11) is 0. The quantitative estimate of drug-likeness (QED) is 0.832. The van der Waals surface area contributed by atoms with Crippen molar-refractivity contribution in [2.24, 2.45) is 0 Å². The number of carboxylic acid groups (broad SMARTS) is 1. The molecule has 0 bridgehead atoms. The Balaban J connectivity index is 2.79. The first-order chi connectivity index (χ1) is 8.95. The van der Waals surface area contributed by atoms with E-state index in [1.54, 1.807) is 6.92 Å². The van der Waals surface area contributed by atoms with Crippen LogP contribution in [0.3, 0.4) is 0 Å². The molecule has 0 radical (unpaired) electrons. The Morgan fingerprint density at radius 3 is 2.63 bits per heavy atom. The van der Waals surface area contributed by atoms with Gasteiger partial charge < -0.3 is 14.6 Å². The van der Waals surface area contributed by atoms with Gasteiger partial charge in [-0.05, 0) is 36.6 Å². The topological polar surface area (TPSA) is 55.8 Å². The molecule has 4 nitrogen and oxygen atoms in total. The van der Waals surface area contributed by atoms with Gasteiger partial charge in [-0.2, -0.15) is 0 Å². The standard InChI is InChI=1S/C14H19BrO4/c1-4-18-13(14(16)17)8-19-12-6-5-10(15)7-11(12)9(2)3/h5-7,9,13H,4,8H2,1-3H3,(H,16,17). The lowest BCUT2D eigenvalue weighted by atomic mass is 10.0. The van der Waals surface area contributed by atoms with Crippen molar-refractivity contribution in [1.29, 1.82) is 0 Å². The Kier molecular flexibility index (Phi) is 6.31. The van der Waals surface area contributed by atoms with E-state index in [1.165, 1.54) is 0 Å². The van der Waals surface area contributed by atoms with Crippen LogP contribution < -0.4 is 4.74 Å². The summed E-state index contributed by atoms with van der Waals surface area (Å²) in [6, 6.07) is 5.69. The van der Waals surface area contributed by atoms with E-state index in [0.717, 1.165) is 10.0 Å². The predicted octanol–water partition coefficient (Wildman–Crippen LogP) is 3.44. The summed E-state index contributed by atoms with van der Waals surface area (Å²) in [6.07, 6.45) is -0.936. The van der Waals surface area contributed by atoms with Gasteiger partial charge in [0.1, 0.15) is 12.4 Å². The lowest BCUT2D eigenvalue weighted by Gasteiger charge is -2.17. The molecule has 1 aromatic rings. The smallest absolute Gasteiger partial charge is 0.336 e.